The molecule has 256 valence electrons. The van der Waals surface area contributed by atoms with Gasteiger partial charge in [0.2, 0.25) is 6.79 Å². The fourth-order valence-electron chi connectivity index (χ4n) is 7.90. The van der Waals surface area contributed by atoms with E-state index in [4.69, 9.17) is 9.47 Å². The van der Waals surface area contributed by atoms with E-state index in [0.29, 0.717) is 0 Å². The van der Waals surface area contributed by atoms with Crippen molar-refractivity contribution in [2.24, 2.45) is 0 Å². The van der Waals surface area contributed by atoms with Crippen molar-refractivity contribution in [1.82, 2.24) is 0 Å². The highest BCUT2D eigenvalue weighted by Gasteiger charge is 2.39. The Labute approximate surface area is 312 Å². The zero-order chi connectivity index (χ0) is 35.8. The van der Waals surface area contributed by atoms with E-state index in [1.54, 1.807) is 0 Å². The average molecular weight is 685 g/mol. The summed E-state index contributed by atoms with van der Waals surface area (Å²) in [6.45, 7) is 0.0844. The summed E-state index contributed by atoms with van der Waals surface area (Å²) in [6, 6.07) is 81.2. The summed E-state index contributed by atoms with van der Waals surface area (Å²) in [5, 5.41) is 0. The molecular formula is C51H40O2. The van der Waals surface area contributed by atoms with Crippen LogP contribution in [0.1, 0.15) is 44.5 Å². The number of hydrogen-bond donors (Lipinski definition) is 0. The Hall–Kier alpha value is -6.64. The lowest BCUT2D eigenvalue weighted by atomic mass is 9.65. The second-order valence-corrected chi connectivity index (χ2v) is 13.2. The molecule has 0 radical (unpaired) electrons. The summed E-state index contributed by atoms with van der Waals surface area (Å²) in [5.41, 5.74) is 8.52. The van der Waals surface area contributed by atoms with Crippen molar-refractivity contribution >= 4 is 0 Å². The maximum atomic E-state index is 6.18. The molecule has 0 saturated carbocycles. The van der Waals surface area contributed by atoms with Crippen molar-refractivity contribution in [2.75, 3.05) is 6.79 Å². The van der Waals surface area contributed by atoms with Crippen LogP contribution in [0.25, 0.3) is 0 Å². The summed E-state index contributed by atoms with van der Waals surface area (Å²) in [4.78, 5) is 0. The van der Waals surface area contributed by atoms with E-state index in [-0.39, 0.29) is 6.79 Å². The maximum Gasteiger partial charge on any atom is 0.230 e. The molecule has 0 spiro atoms. The smallest absolute Gasteiger partial charge is 0.230 e. The van der Waals surface area contributed by atoms with E-state index in [2.05, 4.69) is 206 Å². The molecule has 0 bridgehead atoms. The molecule has 8 aromatic rings. The number of rotatable bonds is 12. The number of hydrogen-bond acceptors (Lipinski definition) is 2. The predicted octanol–water partition coefficient (Wildman–Crippen LogP) is 11.9. The molecule has 0 amide bonds. The Morgan fingerprint density at radius 3 is 0.623 bits per heavy atom. The topological polar surface area (TPSA) is 18.5 Å². The SMILES string of the molecule is c1ccc(C(c2ccccc2)(c2ccccc2)c2ccc(OCOc3ccc(C(c4ccccc4)(c4ccccc4)c4ccccc4)cc3)cc2)cc1. The first-order valence-electron chi connectivity index (χ1n) is 18.1. The van der Waals surface area contributed by atoms with Gasteiger partial charge >= 0.3 is 0 Å². The van der Waals surface area contributed by atoms with Crippen molar-refractivity contribution in [1.29, 1.82) is 0 Å². The van der Waals surface area contributed by atoms with Crippen LogP contribution in [0.4, 0.5) is 0 Å². The molecule has 53 heavy (non-hydrogen) atoms. The van der Waals surface area contributed by atoms with E-state index in [9.17, 15) is 0 Å². The largest absolute Gasteiger partial charge is 0.458 e. The standard InChI is InChI=1S/C51H40O2/c1-7-19-40(20-8-1)50(41-21-9-2-10-22-41,42-23-11-3-12-24-42)46-31-35-48(36-32-46)52-39-53-49-37-33-47(34-38-49)51(43-25-13-4-14-26-43,44-27-15-5-16-28-44)45-29-17-6-18-30-45/h1-38H,39H2. The van der Waals surface area contributed by atoms with Crippen LogP contribution in [0, 0.1) is 0 Å². The lowest BCUT2D eigenvalue weighted by Crippen LogP contribution is -2.31. The summed E-state index contributed by atoms with van der Waals surface area (Å²) in [5.74, 6) is 1.48. The third-order valence-corrected chi connectivity index (χ3v) is 10.3. The van der Waals surface area contributed by atoms with E-state index in [0.717, 1.165) is 22.6 Å². The minimum Gasteiger partial charge on any atom is -0.458 e. The van der Waals surface area contributed by atoms with Gasteiger partial charge in [-0.25, -0.2) is 0 Å². The molecule has 0 saturated heterocycles. The van der Waals surface area contributed by atoms with Crippen molar-refractivity contribution in [3.8, 4) is 11.5 Å². The van der Waals surface area contributed by atoms with Crippen LogP contribution in [0.15, 0.2) is 231 Å². The molecule has 2 heteroatoms. The van der Waals surface area contributed by atoms with Gasteiger partial charge in [0.05, 0.1) is 10.8 Å². The predicted molar refractivity (Wildman–Crippen MR) is 216 cm³/mol. The van der Waals surface area contributed by atoms with Gasteiger partial charge in [0.25, 0.3) is 0 Å². The first kappa shape index (κ1) is 33.5. The summed E-state index contributed by atoms with van der Waals surface area (Å²) in [6.07, 6.45) is 0. The Kier molecular flexibility index (Phi) is 9.68. The van der Waals surface area contributed by atoms with Gasteiger partial charge in [-0.05, 0) is 68.8 Å². The van der Waals surface area contributed by atoms with Crippen molar-refractivity contribution in [3.05, 3.63) is 275 Å². The summed E-state index contributed by atoms with van der Waals surface area (Å²) < 4.78 is 12.4. The highest BCUT2D eigenvalue weighted by atomic mass is 16.7. The fraction of sp³-hybridized carbons (Fsp3) is 0.0588. The Morgan fingerprint density at radius 1 is 0.226 bits per heavy atom. The molecule has 0 aliphatic carbocycles. The molecule has 0 unspecified atom stereocenters. The van der Waals surface area contributed by atoms with Crippen LogP contribution in [-0.2, 0) is 10.8 Å². The third kappa shape index (κ3) is 6.41. The highest BCUT2D eigenvalue weighted by Crippen LogP contribution is 2.46. The molecule has 0 aliphatic heterocycles. The van der Waals surface area contributed by atoms with E-state index in [1.165, 1.54) is 33.4 Å². The molecule has 0 aliphatic rings. The van der Waals surface area contributed by atoms with Crippen molar-refractivity contribution in [2.45, 2.75) is 10.8 Å². The van der Waals surface area contributed by atoms with Crippen LogP contribution in [0.3, 0.4) is 0 Å². The van der Waals surface area contributed by atoms with Gasteiger partial charge in [-0.2, -0.15) is 0 Å². The van der Waals surface area contributed by atoms with E-state index in [1.807, 2.05) is 24.3 Å². The Morgan fingerprint density at radius 2 is 0.415 bits per heavy atom. The van der Waals surface area contributed by atoms with E-state index < -0.39 is 10.8 Å². The lowest BCUT2D eigenvalue weighted by Gasteiger charge is -2.37. The quantitative estimate of drug-likeness (QED) is 0.0942. The van der Waals surface area contributed by atoms with Crippen LogP contribution in [0.2, 0.25) is 0 Å². The molecular weight excluding hydrogens is 645 g/mol. The highest BCUT2D eigenvalue weighted by molar-refractivity contribution is 5.61. The molecule has 2 nitrogen and oxygen atoms in total. The second-order valence-electron chi connectivity index (χ2n) is 13.2. The van der Waals surface area contributed by atoms with Crippen LogP contribution in [-0.4, -0.2) is 6.79 Å². The minimum absolute atomic E-state index is 0.0844. The van der Waals surface area contributed by atoms with Gasteiger partial charge in [-0.15, -0.1) is 0 Å². The maximum absolute atomic E-state index is 6.18. The minimum atomic E-state index is -0.505. The molecule has 8 rings (SSSR count). The fourth-order valence-corrected chi connectivity index (χ4v) is 7.90. The molecule has 8 aromatic carbocycles. The van der Waals surface area contributed by atoms with Gasteiger partial charge < -0.3 is 9.47 Å². The van der Waals surface area contributed by atoms with Gasteiger partial charge in [0, 0.05) is 0 Å². The monoisotopic (exact) mass is 684 g/mol. The number of ether oxygens (including phenoxy) is 2. The van der Waals surface area contributed by atoms with Crippen LogP contribution >= 0.6 is 0 Å². The Bertz CT molecular complexity index is 1940. The zero-order valence-electron chi connectivity index (χ0n) is 29.5. The normalized spacial score (nSPS) is 11.5. The van der Waals surface area contributed by atoms with Crippen LogP contribution in [0.5, 0.6) is 11.5 Å². The van der Waals surface area contributed by atoms with Gasteiger partial charge in [-0.1, -0.05) is 206 Å². The van der Waals surface area contributed by atoms with Crippen molar-refractivity contribution in [3.63, 3.8) is 0 Å². The lowest BCUT2D eigenvalue weighted by molar-refractivity contribution is 0.120. The third-order valence-electron chi connectivity index (χ3n) is 10.3. The summed E-state index contributed by atoms with van der Waals surface area (Å²) >= 11 is 0. The van der Waals surface area contributed by atoms with Gasteiger partial charge in [-0.3, -0.25) is 0 Å². The molecule has 0 fully saturated rings. The molecule has 0 atom stereocenters. The van der Waals surface area contributed by atoms with E-state index >= 15 is 0 Å². The molecule has 0 N–H and O–H groups in total. The second kappa shape index (κ2) is 15.3. The zero-order valence-corrected chi connectivity index (χ0v) is 29.5. The first-order valence-corrected chi connectivity index (χ1v) is 18.1. The van der Waals surface area contributed by atoms with Gasteiger partial charge in [0.15, 0.2) is 0 Å². The van der Waals surface area contributed by atoms with Crippen molar-refractivity contribution < 1.29 is 9.47 Å². The number of benzene rings is 8. The first-order chi connectivity index (χ1) is 26.3. The van der Waals surface area contributed by atoms with Gasteiger partial charge in [0.1, 0.15) is 11.5 Å². The molecule has 0 aromatic heterocycles. The summed E-state index contributed by atoms with van der Waals surface area (Å²) in [7, 11) is 0. The Balaban J connectivity index is 1.06. The molecule has 0 heterocycles. The average Bonchev–Trinajstić information content (AvgIpc) is 3.25. The van der Waals surface area contributed by atoms with Crippen LogP contribution < -0.4 is 9.47 Å².